The molecule has 0 amide bonds. The second kappa shape index (κ2) is 15.0. The summed E-state index contributed by atoms with van der Waals surface area (Å²) in [6, 6.07) is 11.1. The van der Waals surface area contributed by atoms with Crippen LogP contribution in [0.3, 0.4) is 0 Å². The first-order valence-corrected chi connectivity index (χ1v) is 12.4. The van der Waals surface area contributed by atoms with Gasteiger partial charge in [-0.2, -0.15) is 0 Å². The summed E-state index contributed by atoms with van der Waals surface area (Å²) in [6.07, 6.45) is 12.1. The van der Waals surface area contributed by atoms with Gasteiger partial charge in [-0.25, -0.2) is 9.59 Å². The van der Waals surface area contributed by atoms with E-state index in [0.29, 0.717) is 12.4 Å². The number of nitrogens with zero attached hydrogens (tertiary/aromatic N) is 1. The fraction of sp³-hybridized carbons (Fsp3) is 0.500. The Balaban J connectivity index is 1.71. The topological polar surface area (TPSA) is 76.1 Å². The Morgan fingerprint density at radius 1 is 0.794 bits per heavy atom. The van der Waals surface area contributed by atoms with Crippen LogP contribution in [0.5, 0.6) is 11.5 Å². The van der Waals surface area contributed by atoms with Gasteiger partial charge in [-0.15, -0.1) is 0 Å². The standard InChI is InChI=1S/C28H39NO5/c1-4-5-6-7-8-9-10-11-12-13-20-33-27(31)22-14-19-25(26(30)21-22)28(32)34-24-17-15-23(16-18-24)29(2)3/h14-19,21,30H,4-13,20H2,1-3H3. The molecule has 2 rings (SSSR count). The summed E-state index contributed by atoms with van der Waals surface area (Å²) in [5.41, 5.74) is 1.17. The minimum absolute atomic E-state index is 0.0112. The van der Waals surface area contributed by atoms with Crippen LogP contribution in [0.25, 0.3) is 0 Å². The SMILES string of the molecule is CCCCCCCCCCCCOC(=O)c1ccc(C(=O)Oc2ccc(N(C)C)cc2)c(O)c1. The minimum atomic E-state index is -0.694. The summed E-state index contributed by atoms with van der Waals surface area (Å²) in [5, 5.41) is 10.3. The highest BCUT2D eigenvalue weighted by molar-refractivity contribution is 5.96. The van der Waals surface area contributed by atoms with Gasteiger partial charge in [0, 0.05) is 19.8 Å². The smallest absolute Gasteiger partial charge is 0.347 e. The molecule has 2 aromatic carbocycles. The van der Waals surface area contributed by atoms with E-state index in [9.17, 15) is 14.7 Å². The maximum absolute atomic E-state index is 12.4. The number of hydrogen-bond acceptors (Lipinski definition) is 6. The molecule has 0 atom stereocenters. The third kappa shape index (κ3) is 9.46. The van der Waals surface area contributed by atoms with Crippen LogP contribution >= 0.6 is 0 Å². The molecule has 0 aliphatic rings. The maximum atomic E-state index is 12.4. The van der Waals surface area contributed by atoms with E-state index in [4.69, 9.17) is 9.47 Å². The molecule has 0 bridgehead atoms. The number of ether oxygens (including phenoxy) is 2. The number of esters is 2. The Kier molecular flexibility index (Phi) is 12.0. The fourth-order valence-corrected chi connectivity index (χ4v) is 3.64. The van der Waals surface area contributed by atoms with E-state index in [1.807, 2.05) is 31.1 Å². The van der Waals surface area contributed by atoms with Crippen molar-refractivity contribution >= 4 is 17.6 Å². The molecule has 0 saturated heterocycles. The zero-order chi connectivity index (χ0) is 24.8. The number of unbranched alkanes of at least 4 members (excludes halogenated alkanes) is 9. The summed E-state index contributed by atoms with van der Waals surface area (Å²) >= 11 is 0. The highest BCUT2D eigenvalue weighted by atomic mass is 16.5. The number of carbonyl (C=O) groups excluding carboxylic acids is 2. The molecule has 0 heterocycles. The quantitative estimate of drug-likeness (QED) is 0.176. The Labute approximate surface area is 203 Å². The predicted octanol–water partition coefficient (Wildman–Crippen LogP) is 6.76. The maximum Gasteiger partial charge on any atom is 0.347 e. The molecule has 0 unspecified atom stereocenters. The van der Waals surface area contributed by atoms with Crippen molar-refractivity contribution in [2.45, 2.75) is 71.1 Å². The predicted molar refractivity (Wildman–Crippen MR) is 136 cm³/mol. The lowest BCUT2D eigenvalue weighted by Gasteiger charge is -2.13. The van der Waals surface area contributed by atoms with Crippen LogP contribution in [0, 0.1) is 0 Å². The summed E-state index contributed by atoms with van der Waals surface area (Å²) in [7, 11) is 3.84. The number of benzene rings is 2. The Morgan fingerprint density at radius 2 is 1.38 bits per heavy atom. The summed E-state index contributed by atoms with van der Waals surface area (Å²) < 4.78 is 10.6. The number of hydrogen-bond donors (Lipinski definition) is 1. The summed E-state index contributed by atoms with van der Waals surface area (Å²) in [4.78, 5) is 26.6. The summed E-state index contributed by atoms with van der Waals surface area (Å²) in [6.45, 7) is 2.58. The third-order valence-corrected chi connectivity index (χ3v) is 5.75. The second-order valence-corrected chi connectivity index (χ2v) is 8.83. The van der Waals surface area contributed by atoms with Crippen LogP contribution in [0.15, 0.2) is 42.5 Å². The Bertz CT molecular complexity index is 892. The monoisotopic (exact) mass is 469 g/mol. The molecule has 0 radical (unpaired) electrons. The van der Waals surface area contributed by atoms with Crippen molar-refractivity contribution < 1.29 is 24.2 Å². The van der Waals surface area contributed by atoms with Crippen molar-refractivity contribution in [2.75, 3.05) is 25.6 Å². The van der Waals surface area contributed by atoms with Gasteiger partial charge in [-0.1, -0.05) is 64.7 Å². The van der Waals surface area contributed by atoms with Crippen molar-refractivity contribution in [2.24, 2.45) is 0 Å². The average Bonchev–Trinajstić information content (AvgIpc) is 2.82. The van der Waals surface area contributed by atoms with Crippen molar-refractivity contribution in [3.8, 4) is 11.5 Å². The van der Waals surface area contributed by atoms with Crippen LogP contribution in [0.2, 0.25) is 0 Å². The van der Waals surface area contributed by atoms with Gasteiger partial charge in [-0.3, -0.25) is 0 Å². The first-order valence-electron chi connectivity index (χ1n) is 12.4. The molecule has 0 aromatic heterocycles. The molecular formula is C28H39NO5. The average molecular weight is 470 g/mol. The summed E-state index contributed by atoms with van der Waals surface area (Å²) in [5.74, 6) is -1.15. The molecular weight excluding hydrogens is 430 g/mol. The van der Waals surface area contributed by atoms with Crippen molar-refractivity contribution in [3.05, 3.63) is 53.6 Å². The zero-order valence-corrected chi connectivity index (χ0v) is 20.8. The van der Waals surface area contributed by atoms with Gasteiger partial charge in [0.05, 0.1) is 12.2 Å². The van der Waals surface area contributed by atoms with Gasteiger partial charge >= 0.3 is 11.9 Å². The molecule has 0 saturated carbocycles. The number of phenolic OH excluding ortho intramolecular Hbond substituents is 1. The van der Waals surface area contributed by atoms with Gasteiger partial charge in [-0.05, 0) is 48.9 Å². The lowest BCUT2D eigenvalue weighted by molar-refractivity contribution is 0.0496. The molecule has 2 aromatic rings. The molecule has 0 fully saturated rings. The van der Waals surface area contributed by atoms with Crippen LogP contribution < -0.4 is 9.64 Å². The Hall–Kier alpha value is -3.02. The second-order valence-electron chi connectivity index (χ2n) is 8.83. The van der Waals surface area contributed by atoms with Gasteiger partial charge in [0.1, 0.15) is 17.1 Å². The first-order chi connectivity index (χ1) is 16.4. The van der Waals surface area contributed by atoms with E-state index >= 15 is 0 Å². The number of rotatable bonds is 15. The van der Waals surface area contributed by atoms with Crippen LogP contribution in [-0.2, 0) is 4.74 Å². The van der Waals surface area contributed by atoms with Crippen molar-refractivity contribution in [1.82, 2.24) is 0 Å². The highest BCUT2D eigenvalue weighted by Gasteiger charge is 2.17. The van der Waals surface area contributed by atoms with Crippen molar-refractivity contribution in [3.63, 3.8) is 0 Å². The molecule has 0 spiro atoms. The van der Waals surface area contributed by atoms with Gasteiger partial charge in [0.2, 0.25) is 0 Å². The van der Waals surface area contributed by atoms with E-state index in [-0.39, 0.29) is 16.9 Å². The number of phenols is 1. The zero-order valence-electron chi connectivity index (χ0n) is 20.8. The molecule has 0 aliphatic heterocycles. The van der Waals surface area contributed by atoms with E-state index < -0.39 is 11.9 Å². The fourth-order valence-electron chi connectivity index (χ4n) is 3.64. The highest BCUT2D eigenvalue weighted by Crippen LogP contribution is 2.23. The molecule has 6 heteroatoms. The van der Waals surface area contributed by atoms with Gasteiger partial charge in [0.25, 0.3) is 0 Å². The molecule has 0 aliphatic carbocycles. The molecule has 1 N–H and O–H groups in total. The van der Waals surface area contributed by atoms with E-state index in [1.165, 1.54) is 63.1 Å². The first kappa shape index (κ1) is 27.2. The van der Waals surface area contributed by atoms with E-state index in [1.54, 1.807) is 12.1 Å². The molecule has 186 valence electrons. The van der Waals surface area contributed by atoms with Crippen molar-refractivity contribution in [1.29, 1.82) is 0 Å². The molecule has 6 nitrogen and oxygen atoms in total. The van der Waals surface area contributed by atoms with Crippen LogP contribution in [0.4, 0.5) is 5.69 Å². The lowest BCUT2D eigenvalue weighted by Crippen LogP contribution is -2.11. The largest absolute Gasteiger partial charge is 0.507 e. The normalized spacial score (nSPS) is 10.7. The number of anilines is 1. The molecule has 34 heavy (non-hydrogen) atoms. The van der Waals surface area contributed by atoms with E-state index in [2.05, 4.69) is 6.92 Å². The van der Waals surface area contributed by atoms with Crippen LogP contribution in [0.1, 0.15) is 91.8 Å². The van der Waals surface area contributed by atoms with Gasteiger partial charge < -0.3 is 19.5 Å². The Morgan fingerprint density at radius 3 is 1.94 bits per heavy atom. The number of carbonyl (C=O) groups is 2. The van der Waals surface area contributed by atoms with Crippen LogP contribution in [-0.4, -0.2) is 37.7 Å². The van der Waals surface area contributed by atoms with E-state index in [0.717, 1.165) is 24.9 Å². The van der Waals surface area contributed by atoms with Gasteiger partial charge in [0.15, 0.2) is 0 Å². The minimum Gasteiger partial charge on any atom is -0.507 e. The third-order valence-electron chi connectivity index (χ3n) is 5.75. The lowest BCUT2D eigenvalue weighted by atomic mass is 10.1. The number of aromatic hydroxyl groups is 1.